The number of hydrogen-bond acceptors (Lipinski definition) is 1. The number of nitrogens with zero attached hydrogens (tertiary/aromatic N) is 2. The Hall–Kier alpha value is -0.935. The maximum absolute atomic E-state index is 12.2. The van der Waals surface area contributed by atoms with Crippen LogP contribution in [0.3, 0.4) is 0 Å². The molecule has 1 aromatic heterocycles. The maximum atomic E-state index is 12.2. The second-order valence-corrected chi connectivity index (χ2v) is 3.41. The van der Waals surface area contributed by atoms with Gasteiger partial charge >= 0.3 is 6.98 Å². The average molecular weight is 189 g/mol. The highest BCUT2D eigenvalue weighted by molar-refractivity contribution is 6.73. The van der Waals surface area contributed by atoms with E-state index in [1.54, 1.807) is 0 Å². The molecule has 0 aromatic carbocycles. The molecule has 1 aliphatic carbocycles. The van der Waals surface area contributed by atoms with Gasteiger partial charge in [-0.15, -0.1) is 0 Å². The van der Waals surface area contributed by atoms with Crippen LogP contribution in [0, 0.1) is 0 Å². The summed E-state index contributed by atoms with van der Waals surface area (Å²) in [6.07, 6.45) is 5.02. The predicted molar refractivity (Wildman–Crippen MR) is 43.8 cm³/mol. The molecule has 1 saturated carbocycles. The second-order valence-electron chi connectivity index (χ2n) is 3.41. The first-order valence-corrected chi connectivity index (χ1v) is 4.31. The van der Waals surface area contributed by atoms with Gasteiger partial charge in [0.1, 0.15) is 0 Å². The third-order valence-electron chi connectivity index (χ3n) is 2.45. The van der Waals surface area contributed by atoms with E-state index in [0.717, 1.165) is 31.7 Å². The van der Waals surface area contributed by atoms with E-state index in [-0.39, 0.29) is 6.04 Å². The minimum absolute atomic E-state index is 0.201. The Morgan fingerprint density at radius 1 is 1.38 bits per heavy atom. The monoisotopic (exact) mass is 189 g/mol. The number of halogens is 3. The summed E-state index contributed by atoms with van der Waals surface area (Å²) in [5, 5.41) is 3.72. The number of rotatable bonds is 2. The quantitative estimate of drug-likeness (QED) is 0.646. The minimum Gasteiger partial charge on any atom is -0.445 e. The van der Waals surface area contributed by atoms with Gasteiger partial charge in [-0.1, -0.05) is 5.46 Å². The van der Waals surface area contributed by atoms with Crippen LogP contribution in [0.5, 0.6) is 0 Å². The summed E-state index contributed by atoms with van der Waals surface area (Å²) in [6, 6.07) is 0.201. The summed E-state index contributed by atoms with van der Waals surface area (Å²) in [4.78, 5) is 0. The Balaban J connectivity index is 2.17. The van der Waals surface area contributed by atoms with E-state index in [1.807, 2.05) is 0 Å². The van der Waals surface area contributed by atoms with Crippen molar-refractivity contribution in [1.82, 2.24) is 9.78 Å². The molecule has 0 spiro atoms. The van der Waals surface area contributed by atoms with Crippen LogP contribution in [0.1, 0.15) is 25.3 Å². The Morgan fingerprint density at radius 2 is 2.08 bits per heavy atom. The van der Waals surface area contributed by atoms with Crippen molar-refractivity contribution in [2.45, 2.75) is 25.3 Å². The summed E-state index contributed by atoms with van der Waals surface area (Å²) in [6.45, 7) is -4.88. The molecule has 0 N–H and O–H groups in total. The van der Waals surface area contributed by atoms with E-state index in [4.69, 9.17) is 0 Å². The van der Waals surface area contributed by atoms with E-state index in [2.05, 4.69) is 5.10 Å². The predicted octanol–water partition coefficient (Wildman–Crippen LogP) is 1.66. The van der Waals surface area contributed by atoms with Crippen molar-refractivity contribution in [1.29, 1.82) is 0 Å². The zero-order chi connectivity index (χ0) is 9.47. The van der Waals surface area contributed by atoms with Crippen LogP contribution in [-0.4, -0.2) is 16.8 Å². The van der Waals surface area contributed by atoms with Gasteiger partial charge < -0.3 is 12.9 Å². The van der Waals surface area contributed by atoms with E-state index < -0.39 is 12.4 Å². The second kappa shape index (κ2) is 2.78. The summed E-state index contributed by atoms with van der Waals surface area (Å²) < 4.78 is 38.0. The minimum atomic E-state index is -4.88. The van der Waals surface area contributed by atoms with Crippen molar-refractivity contribution in [2.75, 3.05) is 0 Å². The highest BCUT2D eigenvalue weighted by atomic mass is 19.4. The molecule has 1 heterocycles. The van der Waals surface area contributed by atoms with Gasteiger partial charge in [-0.05, 0) is 25.5 Å². The van der Waals surface area contributed by atoms with Gasteiger partial charge in [-0.25, -0.2) is 0 Å². The zero-order valence-electron chi connectivity index (χ0n) is 6.96. The van der Waals surface area contributed by atoms with Crippen LogP contribution in [-0.2, 0) is 0 Å². The maximum Gasteiger partial charge on any atom is 0.512 e. The van der Waals surface area contributed by atoms with Gasteiger partial charge in [0.25, 0.3) is 0 Å². The van der Waals surface area contributed by atoms with Gasteiger partial charge in [0, 0.05) is 6.20 Å². The molecule has 1 fully saturated rings. The Morgan fingerprint density at radius 3 is 2.46 bits per heavy atom. The van der Waals surface area contributed by atoms with Crippen molar-refractivity contribution in [3.63, 3.8) is 0 Å². The fourth-order valence-corrected chi connectivity index (χ4v) is 1.37. The van der Waals surface area contributed by atoms with E-state index >= 15 is 0 Å². The van der Waals surface area contributed by atoms with Crippen LogP contribution < -0.4 is 5.46 Å². The molecule has 0 radical (unpaired) electrons. The molecule has 0 amide bonds. The zero-order valence-corrected chi connectivity index (χ0v) is 6.96. The molecule has 0 unspecified atom stereocenters. The summed E-state index contributed by atoms with van der Waals surface area (Å²) in [5.41, 5.74) is -0.591. The van der Waals surface area contributed by atoms with Crippen LogP contribution in [0.25, 0.3) is 0 Å². The molecule has 2 rings (SSSR count). The Labute approximate surface area is 73.8 Å². The molecule has 6 heteroatoms. The van der Waals surface area contributed by atoms with Crippen LogP contribution >= 0.6 is 0 Å². The lowest BCUT2D eigenvalue weighted by Crippen LogP contribution is -2.33. The summed E-state index contributed by atoms with van der Waals surface area (Å²) in [5.74, 6) is 0. The average Bonchev–Trinajstić information content (AvgIpc) is 2.29. The topological polar surface area (TPSA) is 17.8 Å². The molecule has 72 valence electrons. The van der Waals surface area contributed by atoms with Crippen LogP contribution in [0.15, 0.2) is 12.4 Å². The van der Waals surface area contributed by atoms with Crippen molar-refractivity contribution >= 4 is 12.4 Å². The lowest BCUT2D eigenvalue weighted by Gasteiger charge is -2.25. The first kappa shape index (κ1) is 8.65. The highest BCUT2D eigenvalue weighted by Crippen LogP contribution is 2.30. The van der Waals surface area contributed by atoms with E-state index in [1.165, 1.54) is 4.68 Å². The highest BCUT2D eigenvalue weighted by Gasteiger charge is 2.28. The SMILES string of the molecule is F[B-](F)(F)c1cnn(C2CCC2)c1. The van der Waals surface area contributed by atoms with Gasteiger partial charge in [-0.2, -0.15) is 5.10 Å². The summed E-state index contributed by atoms with van der Waals surface area (Å²) in [7, 11) is 0. The van der Waals surface area contributed by atoms with Crippen molar-refractivity contribution < 1.29 is 12.9 Å². The summed E-state index contributed by atoms with van der Waals surface area (Å²) >= 11 is 0. The molecule has 0 bridgehead atoms. The van der Waals surface area contributed by atoms with Gasteiger partial charge in [0.05, 0.1) is 6.04 Å². The Bertz CT molecular complexity index is 303. The van der Waals surface area contributed by atoms with Gasteiger partial charge in [0.15, 0.2) is 0 Å². The first-order valence-electron chi connectivity index (χ1n) is 4.31. The van der Waals surface area contributed by atoms with Gasteiger partial charge in [0.2, 0.25) is 0 Å². The molecular formula is C7H9BF3N2-. The number of hydrogen-bond donors (Lipinski definition) is 0. The lowest BCUT2D eigenvalue weighted by molar-refractivity contribution is 0.289. The molecule has 2 nitrogen and oxygen atoms in total. The standard InChI is InChI=1S/C7H9BF3N2/c9-8(10,11)6-4-12-13(5-6)7-2-1-3-7/h4-5,7H,1-3H2/q-1. The molecule has 1 aliphatic rings. The number of aromatic nitrogens is 2. The largest absolute Gasteiger partial charge is 0.512 e. The third-order valence-corrected chi connectivity index (χ3v) is 2.45. The molecular weight excluding hydrogens is 180 g/mol. The fraction of sp³-hybridized carbons (Fsp3) is 0.571. The molecule has 13 heavy (non-hydrogen) atoms. The third kappa shape index (κ3) is 1.57. The first-order chi connectivity index (χ1) is 6.07. The van der Waals surface area contributed by atoms with Crippen molar-refractivity contribution in [3.05, 3.63) is 12.4 Å². The molecule has 0 aliphatic heterocycles. The Kier molecular flexibility index (Phi) is 1.85. The van der Waals surface area contributed by atoms with Crippen molar-refractivity contribution in [3.8, 4) is 0 Å². The van der Waals surface area contributed by atoms with Crippen LogP contribution in [0.2, 0.25) is 0 Å². The molecule has 0 atom stereocenters. The fourth-order valence-electron chi connectivity index (χ4n) is 1.37. The van der Waals surface area contributed by atoms with Crippen molar-refractivity contribution in [2.24, 2.45) is 0 Å². The van der Waals surface area contributed by atoms with E-state index in [0.29, 0.717) is 0 Å². The lowest BCUT2D eigenvalue weighted by atomic mass is 9.83. The van der Waals surface area contributed by atoms with Gasteiger partial charge in [-0.3, -0.25) is 4.68 Å². The van der Waals surface area contributed by atoms with Crippen LogP contribution in [0.4, 0.5) is 12.9 Å². The van der Waals surface area contributed by atoms with E-state index in [9.17, 15) is 12.9 Å². The molecule has 0 saturated heterocycles. The molecule has 1 aromatic rings. The normalized spacial score (nSPS) is 18.7. The smallest absolute Gasteiger partial charge is 0.445 e.